The maximum Gasteiger partial charge on any atom is 0.284 e. The number of hydrogen-bond acceptors (Lipinski definition) is 5. The summed E-state index contributed by atoms with van der Waals surface area (Å²) in [6.07, 6.45) is 0. The van der Waals surface area contributed by atoms with Crippen LogP contribution in [-0.4, -0.2) is 15.6 Å². The van der Waals surface area contributed by atoms with Gasteiger partial charge in [0, 0.05) is 17.2 Å². The molecule has 0 radical (unpaired) electrons. The number of hydrogen-bond donors (Lipinski definition) is 0. The summed E-state index contributed by atoms with van der Waals surface area (Å²) in [7, 11) is 0. The summed E-state index contributed by atoms with van der Waals surface area (Å²) < 4.78 is 14.3. The molecule has 0 unspecified atom stereocenters. The first-order valence-electron chi connectivity index (χ1n) is 8.69. The average Bonchev–Trinajstić information content (AvgIpc) is 2.96. The number of fused-ring (bicyclic) bond motifs is 3. The van der Waals surface area contributed by atoms with Crippen LogP contribution < -0.4 is 0 Å². The first kappa shape index (κ1) is 18.4. The van der Waals surface area contributed by atoms with Crippen molar-refractivity contribution in [1.29, 1.82) is 0 Å². The number of nitro groups is 2. The molecule has 0 spiro atoms. The first-order valence-corrected chi connectivity index (χ1v) is 8.69. The van der Waals surface area contributed by atoms with Gasteiger partial charge < -0.3 is 0 Å². The molecule has 144 valence electrons. The van der Waals surface area contributed by atoms with Crippen molar-refractivity contribution in [3.63, 3.8) is 0 Å². The maximum atomic E-state index is 14.3. The van der Waals surface area contributed by atoms with Crippen molar-refractivity contribution in [1.82, 2.24) is 0 Å². The Hall–Kier alpha value is -3.94. The van der Waals surface area contributed by atoms with E-state index in [2.05, 4.69) is 4.99 Å². The Bertz CT molecular complexity index is 1250. The summed E-state index contributed by atoms with van der Waals surface area (Å²) in [5, 5.41) is 23.0. The molecule has 8 heteroatoms. The molecule has 0 atom stereocenters. The molecule has 3 aromatic carbocycles. The van der Waals surface area contributed by atoms with Crippen LogP contribution >= 0.6 is 0 Å². The Kier molecular flexibility index (Phi) is 4.19. The molecule has 0 heterocycles. The molecular weight excluding hydrogens is 377 g/mol. The van der Waals surface area contributed by atoms with Gasteiger partial charge in [0.25, 0.3) is 11.4 Å². The van der Waals surface area contributed by atoms with E-state index in [0.29, 0.717) is 11.1 Å². The van der Waals surface area contributed by atoms with E-state index in [1.165, 1.54) is 12.1 Å². The summed E-state index contributed by atoms with van der Waals surface area (Å²) >= 11 is 0. The topological polar surface area (TPSA) is 98.6 Å². The Morgan fingerprint density at radius 2 is 1.52 bits per heavy atom. The van der Waals surface area contributed by atoms with Crippen LogP contribution in [-0.2, 0) is 0 Å². The van der Waals surface area contributed by atoms with Gasteiger partial charge in [-0.15, -0.1) is 0 Å². The third kappa shape index (κ3) is 3.04. The highest BCUT2D eigenvalue weighted by atomic mass is 19.1. The van der Waals surface area contributed by atoms with Crippen LogP contribution in [0.5, 0.6) is 0 Å². The molecule has 29 heavy (non-hydrogen) atoms. The third-order valence-corrected chi connectivity index (χ3v) is 4.80. The zero-order valence-corrected chi connectivity index (χ0v) is 15.5. The van der Waals surface area contributed by atoms with E-state index in [-0.39, 0.29) is 28.2 Å². The predicted molar refractivity (Wildman–Crippen MR) is 106 cm³/mol. The molecule has 0 fully saturated rings. The number of aryl methyl sites for hydroxylation is 2. The van der Waals surface area contributed by atoms with E-state index >= 15 is 0 Å². The SMILES string of the molecule is Cc1ccc(F)c(N=C2c3cc(C)ccc3-c3c2cc([N+](=O)[O-])cc3[N+](=O)[O-])c1. The summed E-state index contributed by atoms with van der Waals surface area (Å²) in [4.78, 5) is 26.1. The number of rotatable bonds is 3. The summed E-state index contributed by atoms with van der Waals surface area (Å²) in [5.74, 6) is -0.550. The van der Waals surface area contributed by atoms with Gasteiger partial charge in [0.1, 0.15) is 5.82 Å². The molecule has 1 aliphatic rings. The van der Waals surface area contributed by atoms with E-state index < -0.39 is 21.4 Å². The number of aliphatic imine (C=N–C) groups is 1. The Balaban J connectivity index is 2.10. The van der Waals surface area contributed by atoms with E-state index in [4.69, 9.17) is 0 Å². The molecule has 0 aliphatic heterocycles. The van der Waals surface area contributed by atoms with E-state index in [1.54, 1.807) is 37.3 Å². The number of benzene rings is 3. The standard InChI is InChI=1S/C21H14FN3O4/c1-11-3-5-14-15(7-11)21(23-18-8-12(2)4-6-17(18)22)16-9-13(24(26)27)10-19(20(14)16)25(28)29/h3-10H,1-2H3. The van der Waals surface area contributed by atoms with Crippen molar-refractivity contribution in [2.24, 2.45) is 4.99 Å². The lowest BCUT2D eigenvalue weighted by Crippen LogP contribution is -2.01. The molecule has 0 N–H and O–H groups in total. The molecule has 0 saturated heterocycles. The first-order chi connectivity index (χ1) is 13.8. The van der Waals surface area contributed by atoms with Crippen LogP contribution in [0, 0.1) is 39.9 Å². The van der Waals surface area contributed by atoms with Gasteiger partial charge in [-0.05, 0) is 43.2 Å². The zero-order valence-electron chi connectivity index (χ0n) is 15.5. The quantitative estimate of drug-likeness (QED) is 0.344. The van der Waals surface area contributed by atoms with Crippen molar-refractivity contribution < 1.29 is 14.2 Å². The normalized spacial score (nSPS) is 13.3. The molecule has 0 bridgehead atoms. The highest BCUT2D eigenvalue weighted by Crippen LogP contribution is 2.45. The van der Waals surface area contributed by atoms with Crippen LogP contribution in [0.4, 0.5) is 21.5 Å². The van der Waals surface area contributed by atoms with Gasteiger partial charge in [-0.25, -0.2) is 9.38 Å². The monoisotopic (exact) mass is 391 g/mol. The van der Waals surface area contributed by atoms with Gasteiger partial charge in [-0.1, -0.05) is 23.8 Å². The highest BCUT2D eigenvalue weighted by Gasteiger charge is 2.35. The fourth-order valence-electron chi connectivity index (χ4n) is 3.50. The maximum absolute atomic E-state index is 14.3. The van der Waals surface area contributed by atoms with Crippen molar-refractivity contribution in [3.05, 3.63) is 96.8 Å². The lowest BCUT2D eigenvalue weighted by molar-refractivity contribution is -0.393. The Morgan fingerprint density at radius 1 is 0.828 bits per heavy atom. The smallest absolute Gasteiger partial charge is 0.258 e. The number of halogens is 1. The molecule has 0 amide bonds. The zero-order chi connectivity index (χ0) is 20.9. The van der Waals surface area contributed by atoms with Crippen LogP contribution in [0.3, 0.4) is 0 Å². The molecule has 3 aromatic rings. The lowest BCUT2D eigenvalue weighted by atomic mass is 10.0. The molecule has 0 aromatic heterocycles. The van der Waals surface area contributed by atoms with Crippen molar-refractivity contribution in [2.75, 3.05) is 0 Å². The molecule has 7 nitrogen and oxygen atoms in total. The Morgan fingerprint density at radius 3 is 2.21 bits per heavy atom. The van der Waals surface area contributed by atoms with E-state index in [1.807, 2.05) is 6.92 Å². The fourth-order valence-corrected chi connectivity index (χ4v) is 3.50. The number of nitrogens with zero attached hydrogens (tertiary/aromatic N) is 3. The summed E-state index contributed by atoms with van der Waals surface area (Å²) in [5.41, 5.74) is 2.82. The van der Waals surface area contributed by atoms with Gasteiger partial charge in [-0.2, -0.15) is 0 Å². The highest BCUT2D eigenvalue weighted by molar-refractivity contribution is 6.26. The van der Waals surface area contributed by atoms with E-state index in [0.717, 1.165) is 17.2 Å². The van der Waals surface area contributed by atoms with Crippen molar-refractivity contribution in [3.8, 4) is 11.1 Å². The van der Waals surface area contributed by atoms with Crippen LogP contribution in [0.1, 0.15) is 22.3 Å². The lowest BCUT2D eigenvalue weighted by Gasteiger charge is -2.05. The molecule has 4 rings (SSSR count). The second-order valence-electron chi connectivity index (χ2n) is 6.87. The number of nitro benzene ring substituents is 2. The number of non-ortho nitro benzene ring substituents is 1. The average molecular weight is 391 g/mol. The van der Waals surface area contributed by atoms with Gasteiger partial charge in [0.2, 0.25) is 0 Å². The minimum atomic E-state index is -0.688. The summed E-state index contributed by atoms with van der Waals surface area (Å²) in [6, 6.07) is 12.0. The van der Waals surface area contributed by atoms with E-state index in [9.17, 15) is 24.6 Å². The van der Waals surface area contributed by atoms with Crippen molar-refractivity contribution in [2.45, 2.75) is 13.8 Å². The second-order valence-corrected chi connectivity index (χ2v) is 6.87. The van der Waals surface area contributed by atoms with Gasteiger partial charge >= 0.3 is 0 Å². The molecule has 1 aliphatic carbocycles. The van der Waals surface area contributed by atoms with Gasteiger partial charge in [0.15, 0.2) is 0 Å². The van der Waals surface area contributed by atoms with Crippen LogP contribution in [0.2, 0.25) is 0 Å². The van der Waals surface area contributed by atoms with Crippen molar-refractivity contribution >= 4 is 22.8 Å². The van der Waals surface area contributed by atoms with Crippen LogP contribution in [0.15, 0.2) is 53.5 Å². The second kappa shape index (κ2) is 6.59. The fraction of sp³-hybridized carbons (Fsp3) is 0.0952. The molecule has 0 saturated carbocycles. The minimum Gasteiger partial charge on any atom is -0.258 e. The molecular formula is C21H14FN3O4. The summed E-state index contributed by atoms with van der Waals surface area (Å²) in [6.45, 7) is 3.64. The predicted octanol–water partition coefficient (Wildman–Crippen LogP) is 5.41. The third-order valence-electron chi connectivity index (χ3n) is 4.80. The van der Waals surface area contributed by atoms with Gasteiger partial charge in [-0.3, -0.25) is 20.2 Å². The Labute approximate surface area is 164 Å². The largest absolute Gasteiger partial charge is 0.284 e. The van der Waals surface area contributed by atoms with Crippen LogP contribution in [0.25, 0.3) is 11.1 Å². The minimum absolute atomic E-state index is 0.0643. The van der Waals surface area contributed by atoms with Gasteiger partial charge in [0.05, 0.1) is 32.9 Å².